The van der Waals surface area contributed by atoms with Gasteiger partial charge in [-0.05, 0) is 25.3 Å². The van der Waals surface area contributed by atoms with E-state index in [2.05, 4.69) is 41.0 Å². The van der Waals surface area contributed by atoms with Crippen LogP contribution in [-0.2, 0) is 6.54 Å². The molecule has 0 saturated carbocycles. The summed E-state index contributed by atoms with van der Waals surface area (Å²) in [7, 11) is 0. The molecular weight excluding hydrogens is 248 g/mol. The Morgan fingerprint density at radius 3 is 2.55 bits per heavy atom. The van der Waals surface area contributed by atoms with Gasteiger partial charge in [0.1, 0.15) is 5.82 Å². The zero-order valence-corrected chi connectivity index (χ0v) is 13.1. The van der Waals surface area contributed by atoms with E-state index >= 15 is 0 Å². The largest absolute Gasteiger partial charge is 0.311 e. The third kappa shape index (κ3) is 3.36. The normalized spacial score (nSPS) is 22.9. The maximum Gasteiger partial charge on any atom is 0.142 e. The van der Waals surface area contributed by atoms with E-state index in [1.165, 1.54) is 25.7 Å². The Labute approximate surface area is 123 Å². The lowest BCUT2D eigenvalue weighted by atomic mass is 9.86. The van der Waals surface area contributed by atoms with Gasteiger partial charge in [-0.2, -0.15) is 0 Å². The zero-order chi connectivity index (χ0) is 14.4. The number of rotatable bonds is 6. The van der Waals surface area contributed by atoms with E-state index in [-0.39, 0.29) is 5.54 Å². The fraction of sp³-hybridized carbons (Fsp3) is 0.750. The van der Waals surface area contributed by atoms with Crippen LogP contribution in [0.5, 0.6) is 0 Å². The van der Waals surface area contributed by atoms with Gasteiger partial charge < -0.3 is 5.32 Å². The molecule has 0 amide bonds. The van der Waals surface area contributed by atoms with Crippen molar-refractivity contribution in [2.45, 2.75) is 64.6 Å². The van der Waals surface area contributed by atoms with E-state index in [0.29, 0.717) is 6.04 Å². The molecule has 1 unspecified atom stereocenters. The third-order valence-corrected chi connectivity index (χ3v) is 4.74. The number of nitrogens with one attached hydrogen (secondary N) is 1. The van der Waals surface area contributed by atoms with Crippen LogP contribution in [0.4, 0.5) is 0 Å². The lowest BCUT2D eigenvalue weighted by molar-refractivity contribution is 0.0207. The third-order valence-electron chi connectivity index (χ3n) is 4.74. The highest BCUT2D eigenvalue weighted by atomic mass is 15.3. The molecule has 4 heteroatoms. The van der Waals surface area contributed by atoms with Crippen LogP contribution >= 0.6 is 0 Å². The monoisotopic (exact) mass is 276 g/mol. The fourth-order valence-corrected chi connectivity index (χ4v) is 3.27. The van der Waals surface area contributed by atoms with E-state index in [4.69, 9.17) is 0 Å². The molecule has 1 aromatic heterocycles. The molecule has 1 aliphatic rings. The van der Waals surface area contributed by atoms with Gasteiger partial charge in [-0.15, -0.1) is 0 Å². The van der Waals surface area contributed by atoms with Crippen molar-refractivity contribution in [1.29, 1.82) is 0 Å². The number of piperazine rings is 1. The molecular formula is C16H28N4. The van der Waals surface area contributed by atoms with Crippen LogP contribution in [-0.4, -0.2) is 39.5 Å². The summed E-state index contributed by atoms with van der Waals surface area (Å²) in [5, 5.41) is 3.75. The lowest BCUT2D eigenvalue weighted by Gasteiger charge is -2.49. The smallest absolute Gasteiger partial charge is 0.142 e. The van der Waals surface area contributed by atoms with Crippen molar-refractivity contribution in [3.8, 4) is 0 Å². The van der Waals surface area contributed by atoms with Gasteiger partial charge in [0.15, 0.2) is 0 Å². The van der Waals surface area contributed by atoms with Gasteiger partial charge in [-0.25, -0.2) is 9.97 Å². The molecule has 20 heavy (non-hydrogen) atoms. The van der Waals surface area contributed by atoms with Crippen molar-refractivity contribution in [3.63, 3.8) is 0 Å². The Bertz CT molecular complexity index is 389. The summed E-state index contributed by atoms with van der Waals surface area (Å²) in [5.74, 6) is 0.941. The molecule has 4 nitrogen and oxygen atoms in total. The Morgan fingerprint density at radius 1 is 1.25 bits per heavy atom. The summed E-state index contributed by atoms with van der Waals surface area (Å²) in [6, 6.07) is 2.49. The molecule has 0 aliphatic carbocycles. The fourth-order valence-electron chi connectivity index (χ4n) is 3.27. The molecule has 0 radical (unpaired) electrons. The van der Waals surface area contributed by atoms with Crippen molar-refractivity contribution < 1.29 is 0 Å². The predicted molar refractivity (Wildman–Crippen MR) is 82.5 cm³/mol. The first-order valence-electron chi connectivity index (χ1n) is 7.98. The Kier molecular flexibility index (Phi) is 5.49. The van der Waals surface area contributed by atoms with Gasteiger partial charge in [0.2, 0.25) is 0 Å². The van der Waals surface area contributed by atoms with E-state index in [0.717, 1.165) is 25.5 Å². The molecule has 0 aromatic carbocycles. The van der Waals surface area contributed by atoms with Crippen molar-refractivity contribution in [2.24, 2.45) is 0 Å². The van der Waals surface area contributed by atoms with Crippen LogP contribution in [0.1, 0.15) is 52.3 Å². The molecule has 0 bridgehead atoms. The average molecular weight is 276 g/mol. The minimum absolute atomic E-state index is 0.253. The second-order valence-corrected chi connectivity index (χ2v) is 5.84. The minimum atomic E-state index is 0.253. The van der Waals surface area contributed by atoms with Gasteiger partial charge >= 0.3 is 0 Å². The quantitative estimate of drug-likeness (QED) is 0.867. The molecule has 2 rings (SSSR count). The van der Waals surface area contributed by atoms with E-state index in [9.17, 15) is 0 Å². The van der Waals surface area contributed by atoms with E-state index in [1.54, 1.807) is 0 Å². The molecule has 2 heterocycles. The molecule has 1 fully saturated rings. The number of hydrogen-bond donors (Lipinski definition) is 1. The van der Waals surface area contributed by atoms with E-state index < -0.39 is 0 Å². The van der Waals surface area contributed by atoms with Crippen LogP contribution in [0, 0.1) is 0 Å². The Hall–Kier alpha value is -1.00. The first-order valence-corrected chi connectivity index (χ1v) is 7.98. The zero-order valence-electron chi connectivity index (χ0n) is 13.1. The predicted octanol–water partition coefficient (Wildman–Crippen LogP) is 2.61. The van der Waals surface area contributed by atoms with E-state index in [1.807, 2.05) is 18.5 Å². The maximum atomic E-state index is 4.40. The topological polar surface area (TPSA) is 41.1 Å². The van der Waals surface area contributed by atoms with Gasteiger partial charge in [0.25, 0.3) is 0 Å². The molecule has 1 atom stereocenters. The van der Waals surface area contributed by atoms with Crippen LogP contribution in [0.3, 0.4) is 0 Å². The van der Waals surface area contributed by atoms with Crippen LogP contribution in [0.25, 0.3) is 0 Å². The highest BCUT2D eigenvalue weighted by Crippen LogP contribution is 2.28. The van der Waals surface area contributed by atoms with Crippen molar-refractivity contribution in [1.82, 2.24) is 20.2 Å². The van der Waals surface area contributed by atoms with Crippen molar-refractivity contribution in [3.05, 3.63) is 24.3 Å². The second kappa shape index (κ2) is 7.14. The highest BCUT2D eigenvalue weighted by Gasteiger charge is 2.38. The molecule has 0 spiro atoms. The lowest BCUT2D eigenvalue weighted by Crippen LogP contribution is -2.63. The van der Waals surface area contributed by atoms with Crippen LogP contribution in [0.15, 0.2) is 18.5 Å². The molecule has 1 N–H and O–H groups in total. The number of hydrogen-bond acceptors (Lipinski definition) is 4. The highest BCUT2D eigenvalue weighted by molar-refractivity contribution is 5.00. The van der Waals surface area contributed by atoms with Gasteiger partial charge in [-0.1, -0.05) is 27.2 Å². The first kappa shape index (κ1) is 15.4. The number of nitrogens with zero attached hydrogens (tertiary/aromatic N) is 3. The molecule has 1 aromatic rings. The minimum Gasteiger partial charge on any atom is -0.311 e. The summed E-state index contributed by atoms with van der Waals surface area (Å²) in [6.45, 7) is 9.90. The maximum absolute atomic E-state index is 4.40. The standard InChI is InChI=1S/C16H28N4/c1-4-8-14-11-20(12-15-17-9-7-10-18-15)16(5-2,6-3)13-19-14/h7,9-10,14,19H,4-6,8,11-13H2,1-3H3. The Balaban J connectivity index is 2.13. The Morgan fingerprint density at radius 2 is 1.95 bits per heavy atom. The summed E-state index contributed by atoms with van der Waals surface area (Å²) >= 11 is 0. The van der Waals surface area contributed by atoms with Crippen LogP contribution in [0.2, 0.25) is 0 Å². The van der Waals surface area contributed by atoms with Crippen molar-refractivity contribution >= 4 is 0 Å². The summed E-state index contributed by atoms with van der Waals surface area (Å²) < 4.78 is 0. The SMILES string of the molecule is CCCC1CN(Cc2ncccn2)C(CC)(CC)CN1. The summed E-state index contributed by atoms with van der Waals surface area (Å²) in [5.41, 5.74) is 0.253. The van der Waals surface area contributed by atoms with Gasteiger partial charge in [0, 0.05) is 37.1 Å². The molecule has 1 aliphatic heterocycles. The van der Waals surface area contributed by atoms with Gasteiger partial charge in [-0.3, -0.25) is 4.90 Å². The molecule has 112 valence electrons. The van der Waals surface area contributed by atoms with Gasteiger partial charge in [0.05, 0.1) is 6.54 Å². The first-order chi connectivity index (χ1) is 9.74. The van der Waals surface area contributed by atoms with Crippen LogP contribution < -0.4 is 5.32 Å². The number of aromatic nitrogens is 2. The summed E-state index contributed by atoms with van der Waals surface area (Å²) in [6.07, 6.45) is 8.50. The molecule has 1 saturated heterocycles. The summed E-state index contributed by atoms with van der Waals surface area (Å²) in [4.78, 5) is 11.4. The van der Waals surface area contributed by atoms with Crippen molar-refractivity contribution in [2.75, 3.05) is 13.1 Å². The second-order valence-electron chi connectivity index (χ2n) is 5.84. The average Bonchev–Trinajstić information content (AvgIpc) is 2.50.